The molecule has 0 spiro atoms. The lowest BCUT2D eigenvalue weighted by molar-refractivity contribution is 0.0527. The lowest BCUT2D eigenvalue weighted by Crippen LogP contribution is -2.35. The lowest BCUT2D eigenvalue weighted by Gasteiger charge is -2.19. The summed E-state index contributed by atoms with van der Waals surface area (Å²) >= 11 is 5.37. The first-order valence-corrected chi connectivity index (χ1v) is 10.7. The molecule has 2 aromatic carbocycles. The highest BCUT2D eigenvalue weighted by atomic mass is 32.1. The molecule has 1 aromatic heterocycles. The van der Waals surface area contributed by atoms with Gasteiger partial charge in [0.2, 0.25) is 0 Å². The van der Waals surface area contributed by atoms with Crippen molar-refractivity contribution in [2.45, 2.75) is 32.8 Å². The Morgan fingerprint density at radius 1 is 1.06 bits per heavy atom. The fourth-order valence-electron chi connectivity index (χ4n) is 3.05. The van der Waals surface area contributed by atoms with Crippen molar-refractivity contribution in [3.8, 4) is 11.3 Å². The zero-order valence-corrected chi connectivity index (χ0v) is 19.1. The first-order valence-electron chi connectivity index (χ1n) is 10.3. The third kappa shape index (κ3) is 6.52. The van der Waals surface area contributed by atoms with Crippen LogP contribution in [0.5, 0.6) is 0 Å². The van der Waals surface area contributed by atoms with E-state index < -0.39 is 11.7 Å². The number of carbonyl (C=O) groups excluding carboxylic acids is 1. The van der Waals surface area contributed by atoms with Gasteiger partial charge >= 0.3 is 6.09 Å². The number of hydrogen-bond acceptors (Lipinski definition) is 5. The summed E-state index contributed by atoms with van der Waals surface area (Å²) in [6.45, 7) is 6.53. The smallest absolute Gasteiger partial charge is 0.407 e. The molecule has 0 saturated carbocycles. The number of anilines is 1. The number of alkyl carbamates (subject to hydrolysis) is 1. The zero-order valence-electron chi connectivity index (χ0n) is 18.3. The number of nitrogens with zero attached hydrogens (tertiary/aromatic N) is 1. The van der Waals surface area contributed by atoms with Crippen LogP contribution in [0.3, 0.4) is 0 Å². The topological polar surface area (TPSA) is 108 Å². The Hall–Kier alpha value is -3.46. The average Bonchev–Trinajstić information content (AvgIpc) is 2.73. The number of aromatic nitrogens is 2. The number of thiocarbonyl (C=S) groups is 1. The fourth-order valence-corrected chi connectivity index (χ4v) is 3.27. The third-order valence-electron chi connectivity index (χ3n) is 4.40. The normalized spacial score (nSPS) is 11.1. The first kappa shape index (κ1) is 23.2. The molecule has 168 valence electrons. The molecule has 0 aliphatic heterocycles. The second-order valence-electron chi connectivity index (χ2n) is 8.19. The molecular formula is C23H27N5O3S. The monoisotopic (exact) mass is 453 g/mol. The van der Waals surface area contributed by atoms with Crippen LogP contribution in [0.15, 0.2) is 53.3 Å². The minimum Gasteiger partial charge on any atom is -0.444 e. The van der Waals surface area contributed by atoms with Crippen molar-refractivity contribution in [3.63, 3.8) is 0 Å². The highest BCUT2D eigenvalue weighted by Crippen LogP contribution is 2.26. The fraction of sp³-hybridized carbons (Fsp3) is 0.304. The van der Waals surface area contributed by atoms with E-state index in [0.717, 1.165) is 16.6 Å². The van der Waals surface area contributed by atoms with Gasteiger partial charge < -0.3 is 20.7 Å². The number of H-pyrrole nitrogens is 1. The molecule has 0 atom stereocenters. The molecule has 3 aromatic rings. The Labute approximate surface area is 191 Å². The summed E-state index contributed by atoms with van der Waals surface area (Å²) in [7, 11) is 0. The van der Waals surface area contributed by atoms with Gasteiger partial charge in [-0.2, -0.15) is 5.10 Å². The van der Waals surface area contributed by atoms with Crippen molar-refractivity contribution in [3.05, 3.63) is 58.9 Å². The molecule has 9 heteroatoms. The predicted octanol–water partition coefficient (Wildman–Crippen LogP) is 3.79. The minimum atomic E-state index is -0.515. The van der Waals surface area contributed by atoms with Crippen LogP contribution in [0, 0.1) is 0 Å². The molecule has 0 aliphatic carbocycles. The standard InChI is InChI=1S/C23H27N5O3S/c1-23(2,3)31-22(30)25-13-7-12-24-21(32)26-16-9-6-8-15(14-16)19-17-10-4-5-11-18(17)20(29)28-27-19/h4-6,8-11,14H,7,12-13H2,1-3H3,(H,25,30)(H,28,29)(H2,24,26,32). The van der Waals surface area contributed by atoms with Gasteiger partial charge in [0.1, 0.15) is 5.60 Å². The van der Waals surface area contributed by atoms with Gasteiger partial charge in [0, 0.05) is 29.7 Å². The summed E-state index contributed by atoms with van der Waals surface area (Å²) in [5.74, 6) is 0. The molecule has 0 unspecified atom stereocenters. The SMILES string of the molecule is CC(C)(C)OC(=O)NCCCNC(=S)Nc1cccc(-c2n[nH]c(=O)c3ccccc23)c1. The van der Waals surface area contributed by atoms with Crippen LogP contribution in [0.4, 0.5) is 10.5 Å². The van der Waals surface area contributed by atoms with Crippen LogP contribution < -0.4 is 21.5 Å². The Morgan fingerprint density at radius 2 is 1.78 bits per heavy atom. The van der Waals surface area contributed by atoms with Gasteiger partial charge in [-0.15, -0.1) is 0 Å². The molecule has 0 bridgehead atoms. The number of aromatic amines is 1. The van der Waals surface area contributed by atoms with E-state index in [1.54, 1.807) is 6.07 Å². The highest BCUT2D eigenvalue weighted by Gasteiger charge is 2.15. The molecule has 1 heterocycles. The van der Waals surface area contributed by atoms with Crippen molar-refractivity contribution in [1.82, 2.24) is 20.8 Å². The Kier molecular flexibility index (Phi) is 7.42. The summed E-state index contributed by atoms with van der Waals surface area (Å²) in [5.41, 5.74) is 1.61. The molecule has 0 aliphatic rings. The molecule has 0 radical (unpaired) electrons. The maximum atomic E-state index is 12.0. The average molecular weight is 454 g/mol. The number of nitrogens with one attached hydrogen (secondary N) is 4. The number of fused-ring (bicyclic) bond motifs is 1. The van der Waals surface area contributed by atoms with Crippen LogP contribution in [-0.2, 0) is 4.74 Å². The number of amides is 1. The van der Waals surface area contributed by atoms with Crippen molar-refractivity contribution >= 4 is 39.9 Å². The molecule has 0 fully saturated rings. The van der Waals surface area contributed by atoms with Crippen molar-refractivity contribution < 1.29 is 9.53 Å². The quantitative estimate of drug-likeness (QED) is 0.332. The van der Waals surface area contributed by atoms with Gasteiger partial charge in [-0.1, -0.05) is 30.3 Å². The number of carbonyl (C=O) groups is 1. The summed E-state index contributed by atoms with van der Waals surface area (Å²) in [4.78, 5) is 23.7. The van der Waals surface area contributed by atoms with Gasteiger partial charge in [-0.3, -0.25) is 4.79 Å². The second-order valence-corrected chi connectivity index (χ2v) is 8.60. The molecule has 1 amide bonds. The van der Waals surface area contributed by atoms with Gasteiger partial charge in [0.05, 0.1) is 11.1 Å². The van der Waals surface area contributed by atoms with E-state index >= 15 is 0 Å². The minimum absolute atomic E-state index is 0.217. The van der Waals surface area contributed by atoms with E-state index in [9.17, 15) is 9.59 Å². The molecule has 3 rings (SSSR count). The zero-order chi connectivity index (χ0) is 23.1. The Morgan fingerprint density at radius 3 is 2.53 bits per heavy atom. The van der Waals surface area contributed by atoms with E-state index in [4.69, 9.17) is 17.0 Å². The maximum absolute atomic E-state index is 12.0. The van der Waals surface area contributed by atoms with Gasteiger partial charge in [0.25, 0.3) is 5.56 Å². The molecule has 8 nitrogen and oxygen atoms in total. The van der Waals surface area contributed by atoms with E-state index in [1.165, 1.54) is 0 Å². The van der Waals surface area contributed by atoms with Crippen LogP contribution >= 0.6 is 12.2 Å². The summed E-state index contributed by atoms with van der Waals surface area (Å²) in [5, 5.41) is 17.6. The summed E-state index contributed by atoms with van der Waals surface area (Å²) in [6, 6.07) is 15.0. The molecule has 32 heavy (non-hydrogen) atoms. The molecule has 0 saturated heterocycles. The van der Waals surface area contributed by atoms with Gasteiger partial charge in [-0.05, 0) is 57.6 Å². The van der Waals surface area contributed by atoms with Gasteiger partial charge in [-0.25, -0.2) is 9.89 Å². The summed E-state index contributed by atoms with van der Waals surface area (Å²) < 4.78 is 5.19. The Bertz CT molecular complexity index is 1170. The predicted molar refractivity (Wildman–Crippen MR) is 131 cm³/mol. The number of hydrogen-bond donors (Lipinski definition) is 4. The second kappa shape index (κ2) is 10.2. The number of ether oxygens (including phenoxy) is 1. The number of benzene rings is 2. The number of rotatable bonds is 6. The van der Waals surface area contributed by atoms with Crippen molar-refractivity contribution in [2.75, 3.05) is 18.4 Å². The lowest BCUT2D eigenvalue weighted by atomic mass is 10.0. The van der Waals surface area contributed by atoms with Crippen LogP contribution in [0.2, 0.25) is 0 Å². The van der Waals surface area contributed by atoms with Crippen LogP contribution in [0.1, 0.15) is 27.2 Å². The molecule has 4 N–H and O–H groups in total. The molecular weight excluding hydrogens is 426 g/mol. The maximum Gasteiger partial charge on any atom is 0.407 e. The van der Waals surface area contributed by atoms with Gasteiger partial charge in [0.15, 0.2) is 5.11 Å². The van der Waals surface area contributed by atoms with Crippen molar-refractivity contribution in [1.29, 1.82) is 0 Å². The van der Waals surface area contributed by atoms with E-state index in [2.05, 4.69) is 26.1 Å². The Balaban J connectivity index is 1.55. The van der Waals surface area contributed by atoms with E-state index in [-0.39, 0.29) is 5.56 Å². The highest BCUT2D eigenvalue weighted by molar-refractivity contribution is 7.80. The first-order chi connectivity index (χ1) is 15.2. The summed E-state index contributed by atoms with van der Waals surface area (Å²) in [6.07, 6.45) is 0.257. The van der Waals surface area contributed by atoms with E-state index in [0.29, 0.717) is 35.7 Å². The van der Waals surface area contributed by atoms with Crippen LogP contribution in [-0.4, -0.2) is 40.1 Å². The third-order valence-corrected chi connectivity index (χ3v) is 4.64. The van der Waals surface area contributed by atoms with Crippen molar-refractivity contribution in [2.24, 2.45) is 0 Å². The largest absolute Gasteiger partial charge is 0.444 e. The van der Waals surface area contributed by atoms with Crippen LogP contribution in [0.25, 0.3) is 22.0 Å². The van der Waals surface area contributed by atoms with E-state index in [1.807, 2.05) is 63.2 Å².